The maximum Gasteiger partial charge on any atom is 0.343 e. The molecule has 36 heavy (non-hydrogen) atoms. The third kappa shape index (κ3) is 5.28. The van der Waals surface area contributed by atoms with Gasteiger partial charge in [-0.05, 0) is 60.5 Å². The quantitative estimate of drug-likeness (QED) is 0.459. The highest BCUT2D eigenvalue weighted by Crippen LogP contribution is 2.43. The van der Waals surface area contributed by atoms with Crippen molar-refractivity contribution in [3.05, 3.63) is 89.0 Å². The molecule has 3 aromatic rings. The molecule has 0 saturated carbocycles. The molecule has 2 aliphatic heterocycles. The number of esters is 1. The maximum atomic E-state index is 13.4. The molecule has 5 rings (SSSR count). The number of hydrogen-bond donors (Lipinski definition) is 0. The van der Waals surface area contributed by atoms with Crippen molar-refractivity contribution < 1.29 is 23.5 Å². The molecule has 1 unspecified atom stereocenters. The van der Waals surface area contributed by atoms with E-state index in [-0.39, 0.29) is 17.1 Å². The Morgan fingerprint density at radius 3 is 2.69 bits per heavy atom. The first kappa shape index (κ1) is 24.4. The molecule has 0 aliphatic carbocycles. The average Bonchev–Trinajstić information content (AvgIpc) is 3.27. The van der Waals surface area contributed by atoms with Crippen LogP contribution in [0.15, 0.2) is 60.8 Å². The van der Waals surface area contributed by atoms with Crippen LogP contribution in [-0.4, -0.2) is 53.8 Å². The van der Waals surface area contributed by atoms with Crippen LogP contribution in [0.5, 0.6) is 5.75 Å². The van der Waals surface area contributed by atoms with Crippen LogP contribution in [0.3, 0.4) is 0 Å². The minimum Gasteiger partial charge on any atom is -0.421 e. The number of pyridine rings is 1. The van der Waals surface area contributed by atoms with E-state index in [9.17, 15) is 14.0 Å². The Hall–Kier alpha value is -3.27. The van der Waals surface area contributed by atoms with Crippen molar-refractivity contribution in [2.24, 2.45) is 0 Å². The van der Waals surface area contributed by atoms with Gasteiger partial charge in [0.1, 0.15) is 11.2 Å². The summed E-state index contributed by atoms with van der Waals surface area (Å²) in [6.07, 6.45) is 1.69. The first-order valence-corrected chi connectivity index (χ1v) is 12.8. The van der Waals surface area contributed by atoms with E-state index in [0.29, 0.717) is 48.2 Å². The van der Waals surface area contributed by atoms with Crippen molar-refractivity contribution in [1.82, 2.24) is 9.88 Å². The lowest BCUT2D eigenvalue weighted by molar-refractivity contribution is -0.115. The van der Waals surface area contributed by atoms with Crippen molar-refractivity contribution >= 4 is 29.3 Å². The van der Waals surface area contributed by atoms with E-state index >= 15 is 0 Å². The number of thioether (sulfide) groups is 1. The highest BCUT2D eigenvalue weighted by Gasteiger charge is 2.35. The van der Waals surface area contributed by atoms with E-state index in [0.717, 1.165) is 24.2 Å². The molecule has 2 saturated heterocycles. The molecule has 0 radical (unpaired) electrons. The molecule has 2 fully saturated rings. The number of amides is 1. The van der Waals surface area contributed by atoms with Crippen molar-refractivity contribution in [3.8, 4) is 5.75 Å². The van der Waals surface area contributed by atoms with Crippen LogP contribution in [-0.2, 0) is 16.1 Å². The Labute approximate surface area is 213 Å². The van der Waals surface area contributed by atoms with E-state index in [1.54, 1.807) is 53.6 Å². The Morgan fingerprint density at radius 1 is 1.17 bits per heavy atom. The Balaban J connectivity index is 1.34. The monoisotopic (exact) mass is 507 g/mol. The first-order chi connectivity index (χ1) is 17.5. The molecule has 0 bridgehead atoms. The second kappa shape index (κ2) is 10.8. The molecule has 186 valence electrons. The van der Waals surface area contributed by atoms with Crippen LogP contribution in [0.25, 0.3) is 0 Å². The van der Waals surface area contributed by atoms with Crippen LogP contribution in [0, 0.1) is 12.7 Å². The number of halogens is 1. The maximum absolute atomic E-state index is 13.4. The lowest BCUT2D eigenvalue weighted by atomic mass is 10.1. The number of benzene rings is 2. The summed E-state index contributed by atoms with van der Waals surface area (Å²) in [4.78, 5) is 34.1. The molecule has 2 aromatic carbocycles. The van der Waals surface area contributed by atoms with Gasteiger partial charge in [-0.15, -0.1) is 11.8 Å². The predicted octanol–water partition coefficient (Wildman–Crippen LogP) is 4.36. The fraction of sp³-hybridized carbons (Fsp3) is 0.296. The topological polar surface area (TPSA) is 72.0 Å². The molecule has 7 nitrogen and oxygen atoms in total. The standard InChI is InChI=1S/C27H26FN3O4S/c1-18-15-20(27(33)35-24-3-2-10-29-22(24)16-30-11-13-34-14-12-30)6-9-23(18)31-25(32)17-36-26(31)19-4-7-21(28)8-5-19/h2-10,15,26H,11-14,16-17H2,1H3. The summed E-state index contributed by atoms with van der Waals surface area (Å²) in [5.41, 5.74) is 3.41. The number of morpholine rings is 1. The SMILES string of the molecule is Cc1cc(C(=O)Oc2cccnc2CN2CCOCC2)ccc1N1C(=O)CSC1c1ccc(F)cc1. The van der Waals surface area contributed by atoms with Crippen LogP contribution >= 0.6 is 11.8 Å². The van der Waals surface area contributed by atoms with Gasteiger partial charge in [0.05, 0.1) is 30.2 Å². The van der Waals surface area contributed by atoms with Gasteiger partial charge in [-0.2, -0.15) is 0 Å². The summed E-state index contributed by atoms with van der Waals surface area (Å²) in [7, 11) is 0. The summed E-state index contributed by atoms with van der Waals surface area (Å²) >= 11 is 1.49. The first-order valence-electron chi connectivity index (χ1n) is 11.8. The lowest BCUT2D eigenvalue weighted by Crippen LogP contribution is -2.36. The molecule has 0 spiro atoms. The fourth-order valence-electron chi connectivity index (χ4n) is 4.38. The zero-order valence-electron chi connectivity index (χ0n) is 19.9. The second-order valence-corrected chi connectivity index (χ2v) is 9.77. The highest BCUT2D eigenvalue weighted by atomic mass is 32.2. The highest BCUT2D eigenvalue weighted by molar-refractivity contribution is 8.00. The summed E-state index contributed by atoms with van der Waals surface area (Å²) in [5.74, 6) is -0.0781. The number of carbonyl (C=O) groups excluding carboxylic acids is 2. The van der Waals surface area contributed by atoms with Gasteiger partial charge < -0.3 is 9.47 Å². The molecule has 1 atom stereocenters. The van der Waals surface area contributed by atoms with Gasteiger partial charge >= 0.3 is 5.97 Å². The molecule has 3 heterocycles. The number of aryl methyl sites for hydroxylation is 1. The second-order valence-electron chi connectivity index (χ2n) is 8.71. The van der Waals surface area contributed by atoms with E-state index < -0.39 is 5.97 Å². The van der Waals surface area contributed by atoms with Crippen LogP contribution in [0.1, 0.15) is 32.6 Å². The Morgan fingerprint density at radius 2 is 1.94 bits per heavy atom. The van der Waals surface area contributed by atoms with Gasteiger partial charge in [-0.1, -0.05) is 12.1 Å². The number of ether oxygens (including phenoxy) is 2. The zero-order chi connectivity index (χ0) is 25.1. The normalized spacial score (nSPS) is 18.4. The molecular weight excluding hydrogens is 481 g/mol. The minimum absolute atomic E-state index is 0.0316. The van der Waals surface area contributed by atoms with E-state index in [1.807, 2.05) is 6.92 Å². The largest absolute Gasteiger partial charge is 0.421 e. The summed E-state index contributed by atoms with van der Waals surface area (Å²) in [5, 5.41) is -0.257. The lowest BCUT2D eigenvalue weighted by Gasteiger charge is -2.26. The molecule has 9 heteroatoms. The number of carbonyl (C=O) groups is 2. The van der Waals surface area contributed by atoms with Gasteiger partial charge in [-0.3, -0.25) is 19.6 Å². The average molecular weight is 508 g/mol. The van der Waals surface area contributed by atoms with Crippen molar-refractivity contribution in [2.45, 2.75) is 18.8 Å². The van der Waals surface area contributed by atoms with Gasteiger partial charge in [0.2, 0.25) is 5.91 Å². The minimum atomic E-state index is -0.488. The van der Waals surface area contributed by atoms with Gasteiger partial charge in [0.15, 0.2) is 5.75 Å². The summed E-state index contributed by atoms with van der Waals surface area (Å²) in [6.45, 7) is 5.39. The van der Waals surface area contributed by atoms with E-state index in [2.05, 4.69) is 9.88 Å². The van der Waals surface area contributed by atoms with Crippen molar-refractivity contribution in [1.29, 1.82) is 0 Å². The summed E-state index contributed by atoms with van der Waals surface area (Å²) < 4.78 is 24.6. The van der Waals surface area contributed by atoms with Gasteiger partial charge in [-0.25, -0.2) is 9.18 Å². The third-order valence-electron chi connectivity index (χ3n) is 6.24. The van der Waals surface area contributed by atoms with Crippen molar-refractivity contribution in [2.75, 3.05) is 37.0 Å². The zero-order valence-corrected chi connectivity index (χ0v) is 20.7. The molecule has 1 aromatic heterocycles. The smallest absolute Gasteiger partial charge is 0.343 e. The Bertz CT molecular complexity index is 1260. The van der Waals surface area contributed by atoms with Crippen LogP contribution in [0.2, 0.25) is 0 Å². The number of rotatable bonds is 6. The molecule has 0 N–H and O–H groups in total. The van der Waals surface area contributed by atoms with Crippen LogP contribution in [0.4, 0.5) is 10.1 Å². The predicted molar refractivity (Wildman–Crippen MR) is 136 cm³/mol. The van der Waals surface area contributed by atoms with E-state index in [1.165, 1.54) is 23.9 Å². The molecule has 1 amide bonds. The van der Waals surface area contributed by atoms with Crippen LogP contribution < -0.4 is 9.64 Å². The number of anilines is 1. The third-order valence-corrected chi connectivity index (χ3v) is 7.46. The number of hydrogen-bond acceptors (Lipinski definition) is 7. The van der Waals surface area contributed by atoms with Gasteiger partial charge in [0, 0.05) is 31.5 Å². The number of nitrogens with zero attached hydrogens (tertiary/aromatic N) is 3. The fourth-order valence-corrected chi connectivity index (χ4v) is 5.55. The molecular formula is C27H26FN3O4S. The summed E-state index contributed by atoms with van der Waals surface area (Å²) in [6, 6.07) is 14.8. The van der Waals surface area contributed by atoms with Crippen molar-refractivity contribution in [3.63, 3.8) is 0 Å². The van der Waals surface area contributed by atoms with E-state index in [4.69, 9.17) is 9.47 Å². The molecule has 2 aliphatic rings. The van der Waals surface area contributed by atoms with Gasteiger partial charge in [0.25, 0.3) is 0 Å². The number of aromatic nitrogens is 1. The Kier molecular flexibility index (Phi) is 7.31.